The molecule has 4 heteroatoms. The SMILES string of the molecule is CCCCOC1(CCCC)CCN(CCCC(=O)c2ccccc2CN)CC1. The van der Waals surface area contributed by atoms with Gasteiger partial charge in [0.05, 0.1) is 5.60 Å². The third-order valence-electron chi connectivity index (χ3n) is 6.08. The molecule has 158 valence electrons. The minimum atomic E-state index is 0.0948. The Morgan fingerprint density at radius 1 is 1.11 bits per heavy atom. The van der Waals surface area contributed by atoms with Crippen LogP contribution < -0.4 is 5.73 Å². The Bertz CT molecular complexity index is 580. The first-order valence-corrected chi connectivity index (χ1v) is 11.3. The number of piperidine rings is 1. The van der Waals surface area contributed by atoms with E-state index in [1.54, 1.807) is 0 Å². The van der Waals surface area contributed by atoms with Gasteiger partial charge < -0.3 is 15.4 Å². The van der Waals surface area contributed by atoms with E-state index in [9.17, 15) is 4.79 Å². The number of carbonyl (C=O) groups is 1. The highest BCUT2D eigenvalue weighted by molar-refractivity contribution is 5.97. The van der Waals surface area contributed by atoms with Crippen LogP contribution in [0.1, 0.15) is 87.6 Å². The second-order valence-electron chi connectivity index (χ2n) is 8.22. The van der Waals surface area contributed by atoms with Gasteiger partial charge in [-0.25, -0.2) is 0 Å². The standard InChI is InChI=1S/C24H40N2O2/c1-3-5-13-24(28-19-6-4-2)14-17-26(18-15-24)16-9-12-23(27)22-11-8-7-10-21(22)20-25/h7-8,10-11H,3-6,9,12-20,25H2,1-2H3. The van der Waals surface area contributed by atoms with Crippen molar-refractivity contribution >= 4 is 5.78 Å². The molecule has 1 saturated heterocycles. The Labute approximate surface area is 171 Å². The summed E-state index contributed by atoms with van der Waals surface area (Å²) in [6, 6.07) is 7.72. The zero-order valence-electron chi connectivity index (χ0n) is 18.0. The van der Waals surface area contributed by atoms with Gasteiger partial charge in [-0.05, 0) is 44.2 Å². The van der Waals surface area contributed by atoms with Gasteiger partial charge in [0.25, 0.3) is 0 Å². The van der Waals surface area contributed by atoms with Gasteiger partial charge in [0, 0.05) is 38.2 Å². The normalized spacial score (nSPS) is 17.0. The number of ether oxygens (including phenoxy) is 1. The van der Waals surface area contributed by atoms with E-state index in [0.717, 1.165) is 63.1 Å². The Morgan fingerprint density at radius 2 is 1.82 bits per heavy atom. The van der Waals surface area contributed by atoms with E-state index in [-0.39, 0.29) is 11.4 Å². The number of ketones is 1. The van der Waals surface area contributed by atoms with Crippen molar-refractivity contribution in [1.82, 2.24) is 4.90 Å². The smallest absolute Gasteiger partial charge is 0.163 e. The summed E-state index contributed by atoms with van der Waals surface area (Å²) in [6.07, 6.45) is 9.78. The van der Waals surface area contributed by atoms with Crippen molar-refractivity contribution in [3.8, 4) is 0 Å². The number of benzene rings is 1. The molecule has 0 spiro atoms. The number of unbranched alkanes of at least 4 members (excludes halogenated alkanes) is 2. The van der Waals surface area contributed by atoms with Crippen molar-refractivity contribution < 1.29 is 9.53 Å². The number of likely N-dealkylation sites (tertiary alicyclic amines) is 1. The molecule has 0 amide bonds. The summed E-state index contributed by atoms with van der Waals surface area (Å²) in [4.78, 5) is 15.0. The van der Waals surface area contributed by atoms with Crippen molar-refractivity contribution in [2.24, 2.45) is 5.73 Å². The van der Waals surface area contributed by atoms with Gasteiger partial charge in [0.2, 0.25) is 0 Å². The van der Waals surface area contributed by atoms with Crippen LogP contribution in [0.5, 0.6) is 0 Å². The highest BCUT2D eigenvalue weighted by Gasteiger charge is 2.34. The van der Waals surface area contributed by atoms with Crippen LogP contribution in [0.4, 0.5) is 0 Å². The van der Waals surface area contributed by atoms with Gasteiger partial charge in [-0.1, -0.05) is 57.4 Å². The predicted molar refractivity (Wildman–Crippen MR) is 117 cm³/mol. The topological polar surface area (TPSA) is 55.6 Å². The van der Waals surface area contributed by atoms with Gasteiger partial charge in [-0.15, -0.1) is 0 Å². The maximum atomic E-state index is 12.5. The van der Waals surface area contributed by atoms with Gasteiger partial charge in [-0.3, -0.25) is 4.79 Å². The zero-order chi connectivity index (χ0) is 20.2. The third kappa shape index (κ3) is 6.98. The molecule has 0 aromatic heterocycles. The molecule has 0 unspecified atom stereocenters. The summed E-state index contributed by atoms with van der Waals surface area (Å²) in [5, 5.41) is 0. The van der Waals surface area contributed by atoms with Crippen LogP contribution in [0.2, 0.25) is 0 Å². The molecular weight excluding hydrogens is 348 g/mol. The minimum Gasteiger partial charge on any atom is -0.375 e. The van der Waals surface area contributed by atoms with E-state index < -0.39 is 0 Å². The van der Waals surface area contributed by atoms with Crippen molar-refractivity contribution in [2.45, 2.75) is 83.8 Å². The van der Waals surface area contributed by atoms with Crippen LogP contribution in [0, 0.1) is 0 Å². The highest BCUT2D eigenvalue weighted by Crippen LogP contribution is 2.32. The molecule has 0 radical (unpaired) electrons. The lowest BCUT2D eigenvalue weighted by atomic mass is 9.86. The molecule has 0 bridgehead atoms. The molecule has 1 aromatic rings. The van der Waals surface area contributed by atoms with E-state index >= 15 is 0 Å². The highest BCUT2D eigenvalue weighted by atomic mass is 16.5. The minimum absolute atomic E-state index is 0.0948. The molecule has 1 aliphatic rings. The summed E-state index contributed by atoms with van der Waals surface area (Å²) in [5.74, 6) is 0.221. The Hall–Kier alpha value is -1.23. The van der Waals surface area contributed by atoms with E-state index in [0.29, 0.717) is 13.0 Å². The average molecular weight is 389 g/mol. The molecule has 2 N–H and O–H groups in total. The fourth-order valence-corrected chi connectivity index (χ4v) is 4.15. The largest absolute Gasteiger partial charge is 0.375 e. The molecule has 4 nitrogen and oxygen atoms in total. The van der Waals surface area contributed by atoms with Crippen LogP contribution in [0.25, 0.3) is 0 Å². The predicted octanol–water partition coefficient (Wildman–Crippen LogP) is 4.95. The van der Waals surface area contributed by atoms with E-state index in [1.807, 2.05) is 24.3 Å². The van der Waals surface area contributed by atoms with Crippen molar-refractivity contribution in [1.29, 1.82) is 0 Å². The lowest BCUT2D eigenvalue weighted by Gasteiger charge is -2.42. The van der Waals surface area contributed by atoms with Crippen LogP contribution >= 0.6 is 0 Å². The molecule has 1 aromatic carbocycles. The summed E-state index contributed by atoms with van der Waals surface area (Å²) >= 11 is 0. The molecule has 0 saturated carbocycles. The maximum Gasteiger partial charge on any atom is 0.163 e. The van der Waals surface area contributed by atoms with Crippen LogP contribution in [0.3, 0.4) is 0 Å². The Kier molecular flexibility index (Phi) is 10.2. The number of Topliss-reactive ketones (excluding diaryl/α,β-unsaturated/α-hetero) is 1. The zero-order valence-corrected chi connectivity index (χ0v) is 18.0. The number of nitrogens with zero attached hydrogens (tertiary/aromatic N) is 1. The molecule has 28 heavy (non-hydrogen) atoms. The van der Waals surface area contributed by atoms with E-state index in [1.165, 1.54) is 25.7 Å². The third-order valence-corrected chi connectivity index (χ3v) is 6.08. The molecular formula is C24H40N2O2. The fraction of sp³-hybridized carbons (Fsp3) is 0.708. The molecule has 1 aliphatic heterocycles. The lowest BCUT2D eigenvalue weighted by Crippen LogP contribution is -2.46. The number of nitrogens with two attached hydrogens (primary N) is 1. The van der Waals surface area contributed by atoms with Crippen LogP contribution in [-0.2, 0) is 11.3 Å². The number of rotatable bonds is 13. The van der Waals surface area contributed by atoms with E-state index in [4.69, 9.17) is 10.5 Å². The summed E-state index contributed by atoms with van der Waals surface area (Å²) in [7, 11) is 0. The molecule has 2 rings (SSSR count). The lowest BCUT2D eigenvalue weighted by molar-refractivity contribution is -0.0909. The summed E-state index contributed by atoms with van der Waals surface area (Å²) in [5.41, 5.74) is 7.61. The number of hydrogen-bond acceptors (Lipinski definition) is 4. The molecule has 1 heterocycles. The van der Waals surface area contributed by atoms with Gasteiger partial charge in [0.1, 0.15) is 0 Å². The van der Waals surface area contributed by atoms with Crippen molar-refractivity contribution in [2.75, 3.05) is 26.2 Å². The fourth-order valence-electron chi connectivity index (χ4n) is 4.15. The van der Waals surface area contributed by atoms with Crippen LogP contribution in [0.15, 0.2) is 24.3 Å². The first-order chi connectivity index (χ1) is 13.6. The average Bonchev–Trinajstić information content (AvgIpc) is 2.73. The van der Waals surface area contributed by atoms with Gasteiger partial charge in [0.15, 0.2) is 5.78 Å². The van der Waals surface area contributed by atoms with Crippen molar-refractivity contribution in [3.05, 3.63) is 35.4 Å². The van der Waals surface area contributed by atoms with E-state index in [2.05, 4.69) is 18.7 Å². The quantitative estimate of drug-likeness (QED) is 0.384. The summed E-state index contributed by atoms with van der Waals surface area (Å²) < 4.78 is 6.39. The van der Waals surface area contributed by atoms with Gasteiger partial charge in [-0.2, -0.15) is 0 Å². The monoisotopic (exact) mass is 388 g/mol. The first kappa shape index (κ1) is 23.1. The van der Waals surface area contributed by atoms with Crippen LogP contribution in [-0.4, -0.2) is 42.5 Å². The molecule has 0 aliphatic carbocycles. The second kappa shape index (κ2) is 12.4. The second-order valence-corrected chi connectivity index (χ2v) is 8.22. The maximum absolute atomic E-state index is 12.5. The van der Waals surface area contributed by atoms with Gasteiger partial charge >= 0.3 is 0 Å². The Balaban J connectivity index is 1.77. The molecule has 1 fully saturated rings. The Morgan fingerprint density at radius 3 is 2.50 bits per heavy atom. The summed E-state index contributed by atoms with van der Waals surface area (Å²) in [6.45, 7) is 8.97. The number of hydrogen-bond donors (Lipinski definition) is 1. The first-order valence-electron chi connectivity index (χ1n) is 11.3. The molecule has 0 atom stereocenters. The number of carbonyl (C=O) groups excluding carboxylic acids is 1. The van der Waals surface area contributed by atoms with Crippen molar-refractivity contribution in [3.63, 3.8) is 0 Å².